The molecule has 87 heavy (non-hydrogen) atoms. The van der Waals surface area contributed by atoms with Crippen molar-refractivity contribution in [2.45, 2.75) is 66.2 Å². The first kappa shape index (κ1) is 53.9. The molecule has 5 nitrogen and oxygen atoms in total. The summed E-state index contributed by atoms with van der Waals surface area (Å²) < 4.78 is 7.74. The molecule has 7 heteroatoms. The quantitative estimate of drug-likeness (QED) is 0.127. The summed E-state index contributed by atoms with van der Waals surface area (Å²) in [6, 6.07) is 96.7. The zero-order valence-electron chi connectivity index (χ0n) is 50.5. The molecule has 11 aromatic carbocycles. The second kappa shape index (κ2) is 21.0. The lowest BCUT2D eigenvalue weighted by Gasteiger charge is -2.46. The van der Waals surface area contributed by atoms with Crippen LogP contribution in [0.25, 0.3) is 42.8 Å². The Labute approximate surface area is 515 Å². The highest BCUT2D eigenvalue weighted by Crippen LogP contribution is 2.51. The molecule has 2 aliphatic heterocycles. The van der Waals surface area contributed by atoms with Crippen LogP contribution in [0, 0.1) is 13.8 Å². The lowest BCUT2D eigenvalue weighted by atomic mass is 9.33. The Morgan fingerprint density at radius 3 is 1.56 bits per heavy atom. The summed E-state index contributed by atoms with van der Waals surface area (Å²) >= 11 is 1.84. The van der Waals surface area contributed by atoms with Gasteiger partial charge in [-0.3, -0.25) is 0 Å². The number of aryl methyl sites for hydroxylation is 2. The van der Waals surface area contributed by atoms with Crippen LogP contribution in [-0.4, -0.2) is 6.71 Å². The average molecular weight is 1140 g/mol. The maximum absolute atomic E-state index is 6.45. The summed E-state index contributed by atoms with van der Waals surface area (Å²) in [6.45, 7) is 18.3. The zero-order valence-corrected chi connectivity index (χ0v) is 51.3. The van der Waals surface area contributed by atoms with Gasteiger partial charge in [-0.1, -0.05) is 175 Å². The van der Waals surface area contributed by atoms with Crippen molar-refractivity contribution in [1.29, 1.82) is 0 Å². The van der Waals surface area contributed by atoms with E-state index in [1.807, 2.05) is 23.5 Å². The molecular weight excluding hydrogens is 1080 g/mol. The normalized spacial score (nSPS) is 12.8. The fourth-order valence-corrected chi connectivity index (χ4v) is 14.4. The van der Waals surface area contributed by atoms with Crippen molar-refractivity contribution in [3.8, 4) is 21.8 Å². The minimum absolute atomic E-state index is 0.0199. The van der Waals surface area contributed by atoms with Gasteiger partial charge in [0.2, 0.25) is 0 Å². The first-order chi connectivity index (χ1) is 42.2. The zero-order chi connectivity index (χ0) is 59.3. The van der Waals surface area contributed by atoms with Gasteiger partial charge in [-0.15, -0.1) is 11.3 Å². The molecule has 0 amide bonds. The smallest absolute Gasteiger partial charge is 0.252 e. The lowest BCUT2D eigenvalue weighted by molar-refractivity contribution is 0.590. The summed E-state index contributed by atoms with van der Waals surface area (Å²) in [7, 11) is 0. The molecular formula is C80H67BN4OS. The molecule has 13 aromatic rings. The summed E-state index contributed by atoms with van der Waals surface area (Å²) in [4.78, 5) is 11.3. The molecule has 2 aliphatic rings. The molecule has 0 bridgehead atoms. The first-order valence-corrected chi connectivity index (χ1v) is 31.2. The van der Waals surface area contributed by atoms with Crippen molar-refractivity contribution in [2.24, 2.45) is 0 Å². The van der Waals surface area contributed by atoms with Gasteiger partial charge in [0.25, 0.3) is 6.71 Å². The van der Waals surface area contributed by atoms with Gasteiger partial charge in [0.1, 0.15) is 11.3 Å². The van der Waals surface area contributed by atoms with Crippen molar-refractivity contribution < 1.29 is 4.42 Å². The van der Waals surface area contributed by atoms with Gasteiger partial charge < -0.3 is 24.0 Å². The number of thiophene rings is 1. The van der Waals surface area contributed by atoms with Crippen LogP contribution in [0.5, 0.6) is 0 Å². The number of para-hydroxylation sites is 4. The highest BCUT2D eigenvalue weighted by atomic mass is 32.1. The number of hydrogen-bond acceptors (Lipinski definition) is 6. The third-order valence-corrected chi connectivity index (χ3v) is 18.9. The van der Waals surface area contributed by atoms with Crippen molar-refractivity contribution in [3.63, 3.8) is 0 Å². The van der Waals surface area contributed by atoms with Gasteiger partial charge in [0.05, 0.1) is 11.4 Å². The van der Waals surface area contributed by atoms with Gasteiger partial charge in [-0.2, -0.15) is 0 Å². The van der Waals surface area contributed by atoms with Gasteiger partial charge in [0.15, 0.2) is 0 Å². The minimum atomic E-state index is -0.130. The van der Waals surface area contributed by atoms with E-state index in [0.717, 1.165) is 79.2 Å². The molecule has 0 spiro atoms. The Balaban J connectivity index is 0.993. The third kappa shape index (κ3) is 9.49. The molecule has 0 saturated heterocycles. The molecule has 0 unspecified atom stereocenters. The average Bonchev–Trinajstić information content (AvgIpc) is 1.19. The predicted octanol–water partition coefficient (Wildman–Crippen LogP) is 21.2. The Hall–Kier alpha value is -9.82. The van der Waals surface area contributed by atoms with Crippen LogP contribution in [0.3, 0.4) is 0 Å². The fourth-order valence-electron chi connectivity index (χ4n) is 13.3. The molecule has 15 rings (SSSR count). The summed E-state index contributed by atoms with van der Waals surface area (Å²) in [5, 5.41) is 2.36. The number of nitrogens with zero attached hydrogens (tertiary/aromatic N) is 4. The molecule has 0 aliphatic carbocycles. The number of benzene rings is 11. The van der Waals surface area contributed by atoms with Gasteiger partial charge in [-0.25, -0.2) is 0 Å². The second-order valence-corrected chi connectivity index (χ2v) is 26.6. The Bertz CT molecular complexity index is 4660. The molecule has 0 saturated carbocycles. The molecule has 0 fully saturated rings. The SMILES string of the molecule is Cc1cccc(C)c1N1c2cc(N(c3ccccc3)c3ccc(-c4cc5ccccc5s4)cc3)ccc2B2c3cc(C(C)(C)C)ccc3N(c3ccc(C(C)(C)C)cc3)c3cc(N(c4ccccc4)c4ccc(-c5cc6ccccc6o5)cc4)cc1c32. The van der Waals surface area contributed by atoms with E-state index in [0.29, 0.717) is 0 Å². The Morgan fingerprint density at radius 1 is 0.391 bits per heavy atom. The van der Waals surface area contributed by atoms with E-state index in [1.165, 1.54) is 70.5 Å². The van der Waals surface area contributed by atoms with Crippen molar-refractivity contribution in [3.05, 3.63) is 283 Å². The van der Waals surface area contributed by atoms with Crippen molar-refractivity contribution in [2.75, 3.05) is 19.6 Å². The number of furan rings is 1. The second-order valence-electron chi connectivity index (χ2n) is 25.5. The van der Waals surface area contributed by atoms with Crippen LogP contribution >= 0.6 is 11.3 Å². The third-order valence-electron chi connectivity index (χ3n) is 17.8. The molecule has 0 N–H and O–H groups in total. The monoisotopic (exact) mass is 1140 g/mol. The molecule has 2 aromatic heterocycles. The Morgan fingerprint density at radius 2 is 0.931 bits per heavy atom. The molecule has 0 atom stereocenters. The van der Waals surface area contributed by atoms with E-state index in [-0.39, 0.29) is 17.5 Å². The van der Waals surface area contributed by atoms with E-state index >= 15 is 0 Å². The minimum Gasteiger partial charge on any atom is -0.456 e. The van der Waals surface area contributed by atoms with Crippen LogP contribution in [0.15, 0.2) is 265 Å². The van der Waals surface area contributed by atoms with E-state index in [1.54, 1.807) is 0 Å². The van der Waals surface area contributed by atoms with E-state index in [2.05, 4.69) is 324 Å². The van der Waals surface area contributed by atoms with Crippen LogP contribution < -0.4 is 36.0 Å². The number of hydrogen-bond donors (Lipinski definition) is 0. The highest BCUT2D eigenvalue weighted by Gasteiger charge is 2.45. The van der Waals surface area contributed by atoms with Gasteiger partial charge in [0, 0.05) is 77.4 Å². The highest BCUT2D eigenvalue weighted by molar-refractivity contribution is 7.22. The predicted molar refractivity (Wildman–Crippen MR) is 373 cm³/mol. The maximum Gasteiger partial charge on any atom is 0.252 e. The number of fused-ring (bicyclic) bond motifs is 6. The molecule has 4 heterocycles. The van der Waals surface area contributed by atoms with Crippen molar-refractivity contribution in [1.82, 2.24) is 0 Å². The standard InChI is InChI=1S/C80H67BN4OS/c1-52-20-19-21-53(2)78(52)85-70-49-65(82(60-24-11-9-12-25-60)62-39-32-55(33-40-62)76-47-57-23-16-18-29-75(57)87-76)43-44-67(70)81-68-48-59(80(6,7)8)36-45-69(68)84(64-41-34-58(35-42-64)79(3,4)5)71-50-66(51-72(85)77(71)81)83(61-26-13-10-14-27-61)63-37-30-54(31-38-63)74-46-56-22-15-17-28-73(56)86-74/h9-51H,1-8H3. The van der Waals surface area contributed by atoms with Crippen molar-refractivity contribution >= 4 is 124 Å². The van der Waals surface area contributed by atoms with Crippen LogP contribution in [-0.2, 0) is 10.8 Å². The summed E-state index contributed by atoms with van der Waals surface area (Å²) in [5.74, 6) is 0.844. The van der Waals surface area contributed by atoms with Crippen LogP contribution in [0.4, 0.5) is 68.2 Å². The van der Waals surface area contributed by atoms with Crippen LogP contribution in [0.2, 0.25) is 0 Å². The Kier molecular flexibility index (Phi) is 13.0. The fraction of sp³-hybridized carbons (Fsp3) is 0.125. The van der Waals surface area contributed by atoms with E-state index in [9.17, 15) is 0 Å². The maximum atomic E-state index is 6.45. The molecule has 0 radical (unpaired) electrons. The van der Waals surface area contributed by atoms with Gasteiger partial charge in [-0.05, 0) is 202 Å². The topological polar surface area (TPSA) is 26.1 Å². The lowest BCUT2D eigenvalue weighted by Crippen LogP contribution is -2.61. The molecule has 422 valence electrons. The van der Waals surface area contributed by atoms with E-state index < -0.39 is 0 Å². The summed E-state index contributed by atoms with van der Waals surface area (Å²) in [5.41, 5.74) is 25.0. The number of anilines is 12. The van der Waals surface area contributed by atoms with Crippen LogP contribution in [0.1, 0.15) is 63.8 Å². The first-order valence-electron chi connectivity index (χ1n) is 30.3. The summed E-state index contributed by atoms with van der Waals surface area (Å²) in [6.07, 6.45) is 0. The van der Waals surface area contributed by atoms with Gasteiger partial charge >= 0.3 is 0 Å². The van der Waals surface area contributed by atoms with E-state index in [4.69, 9.17) is 4.42 Å². The largest absolute Gasteiger partial charge is 0.456 e. The number of rotatable bonds is 10.